The van der Waals surface area contributed by atoms with Crippen LogP contribution in [0.25, 0.3) is 5.65 Å². The summed E-state index contributed by atoms with van der Waals surface area (Å²) in [5.41, 5.74) is 0.706. The topological polar surface area (TPSA) is 72.4 Å². The van der Waals surface area contributed by atoms with Gasteiger partial charge in [0.15, 0.2) is 5.65 Å². The fourth-order valence-corrected chi connectivity index (χ4v) is 2.80. The van der Waals surface area contributed by atoms with Gasteiger partial charge in [-0.1, -0.05) is 13.0 Å². The first-order valence-corrected chi connectivity index (χ1v) is 7.89. The fraction of sp³-hybridized carbons (Fsp3) is 0.353. The van der Waals surface area contributed by atoms with Crippen LogP contribution in [0.5, 0.6) is 0 Å². The molecule has 0 saturated heterocycles. The standard InChI is InChI=1S/C17H18N4O2/c1-11-10-13(11)14-7-5-12(23-14)6-8-16(22)18-17-20-19-15-4-2-3-9-21(15)17/h2-5,7,9,11,13H,6,8,10H2,1H3,(H,18,20,22)/t11-,13-/m0/s1. The van der Waals surface area contributed by atoms with Crippen LogP contribution in [0.15, 0.2) is 40.9 Å². The molecule has 0 aromatic carbocycles. The minimum Gasteiger partial charge on any atom is -0.466 e. The third-order valence-electron chi connectivity index (χ3n) is 4.32. The van der Waals surface area contributed by atoms with Gasteiger partial charge in [-0.25, -0.2) is 0 Å². The van der Waals surface area contributed by atoms with Crippen LogP contribution in [0.1, 0.15) is 37.2 Å². The smallest absolute Gasteiger partial charge is 0.235 e. The average Bonchev–Trinajstić information content (AvgIpc) is 2.98. The number of anilines is 1. The highest BCUT2D eigenvalue weighted by Crippen LogP contribution is 2.47. The van der Waals surface area contributed by atoms with Gasteiger partial charge in [0.25, 0.3) is 0 Å². The minimum absolute atomic E-state index is 0.0964. The molecule has 1 aliphatic carbocycles. The largest absolute Gasteiger partial charge is 0.466 e. The summed E-state index contributed by atoms with van der Waals surface area (Å²) < 4.78 is 7.57. The van der Waals surface area contributed by atoms with Crippen LogP contribution in [0.4, 0.5) is 5.95 Å². The summed E-state index contributed by atoms with van der Waals surface area (Å²) in [5.74, 6) is 3.55. The molecule has 0 spiro atoms. The maximum Gasteiger partial charge on any atom is 0.235 e. The van der Waals surface area contributed by atoms with Gasteiger partial charge in [-0.15, -0.1) is 10.2 Å². The number of aryl methyl sites for hydroxylation is 1. The molecule has 1 aliphatic rings. The molecule has 1 amide bonds. The fourth-order valence-electron chi connectivity index (χ4n) is 2.80. The highest BCUT2D eigenvalue weighted by Gasteiger charge is 2.36. The Bertz CT molecular complexity index is 851. The van der Waals surface area contributed by atoms with E-state index in [1.54, 1.807) is 4.40 Å². The molecule has 23 heavy (non-hydrogen) atoms. The van der Waals surface area contributed by atoms with E-state index >= 15 is 0 Å². The summed E-state index contributed by atoms with van der Waals surface area (Å²) >= 11 is 0. The van der Waals surface area contributed by atoms with Crippen molar-refractivity contribution in [3.05, 3.63) is 48.0 Å². The zero-order chi connectivity index (χ0) is 15.8. The van der Waals surface area contributed by atoms with E-state index in [4.69, 9.17) is 4.42 Å². The van der Waals surface area contributed by atoms with E-state index in [0.29, 0.717) is 30.4 Å². The molecule has 3 aromatic rings. The third-order valence-corrected chi connectivity index (χ3v) is 4.32. The Morgan fingerprint density at radius 2 is 2.22 bits per heavy atom. The Morgan fingerprint density at radius 3 is 3.04 bits per heavy atom. The van der Waals surface area contributed by atoms with Crippen molar-refractivity contribution in [1.82, 2.24) is 14.6 Å². The van der Waals surface area contributed by atoms with Crippen molar-refractivity contribution in [2.24, 2.45) is 5.92 Å². The Hall–Kier alpha value is -2.63. The molecule has 1 N–H and O–H groups in total. The number of hydrogen-bond acceptors (Lipinski definition) is 4. The number of nitrogens with zero attached hydrogens (tertiary/aromatic N) is 3. The lowest BCUT2D eigenvalue weighted by molar-refractivity contribution is -0.116. The summed E-state index contributed by atoms with van der Waals surface area (Å²) in [4.78, 5) is 12.1. The molecule has 3 aromatic heterocycles. The predicted octanol–water partition coefficient (Wildman–Crippen LogP) is 3.02. The maximum atomic E-state index is 12.1. The zero-order valence-electron chi connectivity index (χ0n) is 12.9. The van der Waals surface area contributed by atoms with Crippen LogP contribution in [-0.4, -0.2) is 20.5 Å². The van der Waals surface area contributed by atoms with Crippen LogP contribution >= 0.6 is 0 Å². The van der Waals surface area contributed by atoms with Gasteiger partial charge in [-0.2, -0.15) is 0 Å². The second-order valence-electron chi connectivity index (χ2n) is 6.12. The van der Waals surface area contributed by atoms with Crippen LogP contribution in [0.2, 0.25) is 0 Å². The highest BCUT2D eigenvalue weighted by molar-refractivity contribution is 5.89. The Labute approximate surface area is 133 Å². The number of amides is 1. The second-order valence-corrected chi connectivity index (χ2v) is 6.12. The molecule has 6 nitrogen and oxygen atoms in total. The average molecular weight is 310 g/mol. The van der Waals surface area contributed by atoms with Gasteiger partial charge in [0, 0.05) is 25.0 Å². The van der Waals surface area contributed by atoms with Crippen LogP contribution in [-0.2, 0) is 11.2 Å². The predicted molar refractivity (Wildman–Crippen MR) is 85.2 cm³/mol. The van der Waals surface area contributed by atoms with Gasteiger partial charge in [0.1, 0.15) is 11.5 Å². The molecule has 2 atom stereocenters. The van der Waals surface area contributed by atoms with E-state index in [1.165, 1.54) is 6.42 Å². The summed E-state index contributed by atoms with van der Waals surface area (Å²) in [6.45, 7) is 2.23. The molecule has 6 heteroatoms. The van der Waals surface area contributed by atoms with Crippen molar-refractivity contribution in [3.8, 4) is 0 Å². The van der Waals surface area contributed by atoms with Gasteiger partial charge < -0.3 is 4.42 Å². The summed E-state index contributed by atoms with van der Waals surface area (Å²) in [6, 6.07) is 9.60. The van der Waals surface area contributed by atoms with E-state index < -0.39 is 0 Å². The first-order chi connectivity index (χ1) is 11.2. The lowest BCUT2D eigenvalue weighted by Crippen LogP contribution is -2.14. The number of hydrogen-bond donors (Lipinski definition) is 1. The van der Waals surface area contributed by atoms with E-state index in [-0.39, 0.29) is 5.91 Å². The van der Waals surface area contributed by atoms with Crippen molar-refractivity contribution >= 4 is 17.5 Å². The van der Waals surface area contributed by atoms with Crippen molar-refractivity contribution in [1.29, 1.82) is 0 Å². The number of rotatable bonds is 5. The number of fused-ring (bicyclic) bond motifs is 1. The van der Waals surface area contributed by atoms with Gasteiger partial charge in [0.05, 0.1) is 0 Å². The molecule has 1 fully saturated rings. The number of nitrogens with one attached hydrogen (secondary N) is 1. The van der Waals surface area contributed by atoms with Gasteiger partial charge in [0.2, 0.25) is 11.9 Å². The van der Waals surface area contributed by atoms with Gasteiger partial charge >= 0.3 is 0 Å². The second kappa shape index (κ2) is 5.53. The van der Waals surface area contributed by atoms with E-state index in [9.17, 15) is 4.79 Å². The van der Waals surface area contributed by atoms with Crippen LogP contribution in [0, 0.1) is 5.92 Å². The first kappa shape index (κ1) is 14.0. The SMILES string of the molecule is C[C@H]1C[C@@H]1c1ccc(CCC(=O)Nc2nnc3ccccn23)o1. The zero-order valence-corrected chi connectivity index (χ0v) is 12.9. The van der Waals surface area contributed by atoms with Crippen molar-refractivity contribution in [2.75, 3.05) is 5.32 Å². The Kier molecular flexibility index (Phi) is 3.37. The van der Waals surface area contributed by atoms with Crippen molar-refractivity contribution in [3.63, 3.8) is 0 Å². The molecule has 1 saturated carbocycles. The molecule has 0 bridgehead atoms. The first-order valence-electron chi connectivity index (χ1n) is 7.89. The molecule has 0 radical (unpaired) electrons. The van der Waals surface area contributed by atoms with Crippen molar-refractivity contribution < 1.29 is 9.21 Å². The van der Waals surface area contributed by atoms with Gasteiger partial charge in [-0.3, -0.25) is 14.5 Å². The van der Waals surface area contributed by atoms with E-state index in [0.717, 1.165) is 17.4 Å². The van der Waals surface area contributed by atoms with Crippen molar-refractivity contribution in [2.45, 2.75) is 32.1 Å². The molecule has 4 rings (SSSR count). The Morgan fingerprint density at radius 1 is 1.35 bits per heavy atom. The number of pyridine rings is 1. The number of furan rings is 1. The monoisotopic (exact) mass is 310 g/mol. The normalized spacial score (nSPS) is 19.9. The van der Waals surface area contributed by atoms with Gasteiger partial charge in [-0.05, 0) is 36.6 Å². The highest BCUT2D eigenvalue weighted by atomic mass is 16.3. The molecular weight excluding hydrogens is 292 g/mol. The summed E-state index contributed by atoms with van der Waals surface area (Å²) in [5, 5.41) is 10.8. The summed E-state index contributed by atoms with van der Waals surface area (Å²) in [7, 11) is 0. The van der Waals surface area contributed by atoms with Crippen LogP contribution in [0.3, 0.4) is 0 Å². The quantitative estimate of drug-likeness (QED) is 0.786. The molecule has 3 heterocycles. The molecular formula is C17H18N4O2. The van der Waals surface area contributed by atoms with Crippen LogP contribution < -0.4 is 5.32 Å². The van der Waals surface area contributed by atoms with E-state index in [2.05, 4.69) is 22.4 Å². The third kappa shape index (κ3) is 2.84. The molecule has 0 aliphatic heterocycles. The molecule has 118 valence electrons. The lowest BCUT2D eigenvalue weighted by Gasteiger charge is -2.02. The lowest BCUT2D eigenvalue weighted by atomic mass is 10.2. The molecule has 0 unspecified atom stereocenters. The number of carbonyl (C=O) groups excluding carboxylic acids is 1. The maximum absolute atomic E-state index is 12.1. The Balaban J connectivity index is 1.36. The van der Waals surface area contributed by atoms with E-state index in [1.807, 2.05) is 36.5 Å². The minimum atomic E-state index is -0.0964. The summed E-state index contributed by atoms with van der Waals surface area (Å²) in [6.07, 6.45) is 3.96. The number of aromatic nitrogens is 3. The number of carbonyl (C=O) groups is 1.